The number of hydrogen-bond donors (Lipinski definition) is 2. The molecule has 6 heteroatoms. The standard InChI is InChI=1S/C19H18ClNO4/c20-13-7-5-12(6-8-13)16(11-18(22)23)21-19(24)15-9-10-25-17-4-2-1-3-14(15)17/h1-8,15-16H,9-11H2,(H,21,24)(H,22,23)/t15?,16-/m0/s1. The van der Waals surface area contributed by atoms with E-state index in [-0.39, 0.29) is 18.2 Å². The minimum Gasteiger partial charge on any atom is -0.493 e. The second-order valence-corrected chi connectivity index (χ2v) is 6.37. The van der Waals surface area contributed by atoms with Gasteiger partial charge in [-0.25, -0.2) is 0 Å². The average Bonchev–Trinajstić information content (AvgIpc) is 2.61. The van der Waals surface area contributed by atoms with Gasteiger partial charge in [-0.3, -0.25) is 9.59 Å². The van der Waals surface area contributed by atoms with Crippen LogP contribution in [0, 0.1) is 0 Å². The first kappa shape index (κ1) is 17.3. The van der Waals surface area contributed by atoms with Crippen molar-refractivity contribution in [1.29, 1.82) is 0 Å². The molecule has 25 heavy (non-hydrogen) atoms. The molecule has 1 amide bonds. The lowest BCUT2D eigenvalue weighted by atomic mass is 9.91. The lowest BCUT2D eigenvalue weighted by Crippen LogP contribution is -2.36. The fourth-order valence-electron chi connectivity index (χ4n) is 3.01. The van der Waals surface area contributed by atoms with Gasteiger partial charge in [-0.1, -0.05) is 41.9 Å². The number of hydrogen-bond acceptors (Lipinski definition) is 3. The van der Waals surface area contributed by atoms with Gasteiger partial charge in [-0.15, -0.1) is 0 Å². The van der Waals surface area contributed by atoms with E-state index < -0.39 is 12.0 Å². The SMILES string of the molecule is O=C(O)C[C@H](NC(=O)C1CCOc2ccccc21)c1ccc(Cl)cc1. The maximum Gasteiger partial charge on any atom is 0.305 e. The van der Waals surface area contributed by atoms with Crippen molar-refractivity contribution in [3.05, 3.63) is 64.7 Å². The Kier molecular flexibility index (Phi) is 5.24. The number of para-hydroxylation sites is 1. The second kappa shape index (κ2) is 7.57. The number of fused-ring (bicyclic) bond motifs is 1. The van der Waals surface area contributed by atoms with Crippen molar-refractivity contribution in [1.82, 2.24) is 5.32 Å². The monoisotopic (exact) mass is 359 g/mol. The summed E-state index contributed by atoms with van der Waals surface area (Å²) in [5.41, 5.74) is 1.54. The first-order chi connectivity index (χ1) is 12.0. The van der Waals surface area contributed by atoms with Crippen molar-refractivity contribution < 1.29 is 19.4 Å². The van der Waals surface area contributed by atoms with Crippen molar-refractivity contribution in [2.75, 3.05) is 6.61 Å². The Balaban J connectivity index is 1.81. The van der Waals surface area contributed by atoms with Crippen LogP contribution in [0.2, 0.25) is 5.02 Å². The molecule has 1 unspecified atom stereocenters. The lowest BCUT2D eigenvalue weighted by Gasteiger charge is -2.27. The quantitative estimate of drug-likeness (QED) is 0.856. The first-order valence-electron chi connectivity index (χ1n) is 8.04. The van der Waals surface area contributed by atoms with Gasteiger partial charge in [0.15, 0.2) is 0 Å². The highest BCUT2D eigenvalue weighted by atomic mass is 35.5. The molecule has 0 fully saturated rings. The van der Waals surface area contributed by atoms with Crippen LogP contribution in [0.15, 0.2) is 48.5 Å². The molecule has 0 aliphatic carbocycles. The van der Waals surface area contributed by atoms with Crippen molar-refractivity contribution in [2.24, 2.45) is 0 Å². The van der Waals surface area contributed by atoms with Gasteiger partial charge in [0.2, 0.25) is 5.91 Å². The number of benzene rings is 2. The zero-order valence-electron chi connectivity index (χ0n) is 13.4. The maximum atomic E-state index is 12.8. The van der Waals surface area contributed by atoms with E-state index in [2.05, 4.69) is 5.32 Å². The number of aliphatic carboxylic acids is 1. The molecule has 3 rings (SSSR count). The summed E-state index contributed by atoms with van der Waals surface area (Å²) in [4.78, 5) is 24.0. The van der Waals surface area contributed by atoms with Crippen LogP contribution in [0.3, 0.4) is 0 Å². The highest BCUT2D eigenvalue weighted by molar-refractivity contribution is 6.30. The number of carbonyl (C=O) groups excluding carboxylic acids is 1. The van der Waals surface area contributed by atoms with E-state index in [0.29, 0.717) is 29.4 Å². The minimum absolute atomic E-state index is 0.196. The molecule has 0 saturated heterocycles. The Labute approximate surface area is 150 Å². The molecular formula is C19H18ClNO4. The molecule has 130 valence electrons. The number of rotatable bonds is 5. The maximum absolute atomic E-state index is 12.8. The Bertz CT molecular complexity index is 775. The zero-order valence-corrected chi connectivity index (χ0v) is 14.2. The number of ether oxygens (including phenoxy) is 1. The van der Waals surface area contributed by atoms with Gasteiger partial charge in [-0.05, 0) is 30.2 Å². The predicted octanol–water partition coefficient (Wildman–Crippen LogP) is 3.54. The summed E-state index contributed by atoms with van der Waals surface area (Å²) in [6.07, 6.45) is 0.363. The van der Waals surface area contributed by atoms with Crippen molar-refractivity contribution >= 4 is 23.5 Å². The fraction of sp³-hybridized carbons (Fsp3) is 0.263. The fourth-order valence-corrected chi connectivity index (χ4v) is 3.13. The summed E-state index contributed by atoms with van der Waals surface area (Å²) >= 11 is 5.89. The largest absolute Gasteiger partial charge is 0.493 e. The molecule has 2 aromatic rings. The number of nitrogens with one attached hydrogen (secondary N) is 1. The highest BCUT2D eigenvalue weighted by Gasteiger charge is 2.29. The normalized spacial score (nSPS) is 17.1. The summed E-state index contributed by atoms with van der Waals surface area (Å²) in [5, 5.41) is 12.6. The van der Waals surface area contributed by atoms with E-state index in [1.807, 2.05) is 24.3 Å². The Morgan fingerprint density at radius 3 is 2.64 bits per heavy atom. The van der Waals surface area contributed by atoms with Gasteiger partial charge >= 0.3 is 5.97 Å². The third kappa shape index (κ3) is 4.12. The van der Waals surface area contributed by atoms with Gasteiger partial charge in [0, 0.05) is 10.6 Å². The topological polar surface area (TPSA) is 75.6 Å². The van der Waals surface area contributed by atoms with Crippen LogP contribution in [-0.2, 0) is 9.59 Å². The smallest absolute Gasteiger partial charge is 0.305 e. The molecule has 1 heterocycles. The first-order valence-corrected chi connectivity index (χ1v) is 8.42. The molecule has 0 spiro atoms. The lowest BCUT2D eigenvalue weighted by molar-refractivity contribution is -0.137. The third-order valence-corrected chi connectivity index (χ3v) is 4.49. The zero-order chi connectivity index (χ0) is 17.8. The molecular weight excluding hydrogens is 342 g/mol. The van der Waals surface area contributed by atoms with E-state index in [1.165, 1.54) is 0 Å². The summed E-state index contributed by atoms with van der Waals surface area (Å²) in [6, 6.07) is 13.6. The Morgan fingerprint density at radius 1 is 1.20 bits per heavy atom. The summed E-state index contributed by atoms with van der Waals surface area (Å²) in [6.45, 7) is 0.458. The van der Waals surface area contributed by atoms with Crippen LogP contribution < -0.4 is 10.1 Å². The van der Waals surface area contributed by atoms with Crippen molar-refractivity contribution in [3.63, 3.8) is 0 Å². The van der Waals surface area contributed by atoms with Gasteiger partial charge in [-0.2, -0.15) is 0 Å². The van der Waals surface area contributed by atoms with Crippen LogP contribution in [0.5, 0.6) is 5.75 Å². The molecule has 2 aromatic carbocycles. The van der Waals surface area contributed by atoms with Crippen molar-refractivity contribution in [3.8, 4) is 5.75 Å². The molecule has 0 bridgehead atoms. The molecule has 1 aliphatic rings. The van der Waals surface area contributed by atoms with Gasteiger partial charge in [0.25, 0.3) is 0 Å². The molecule has 0 aromatic heterocycles. The summed E-state index contributed by atoms with van der Waals surface area (Å²) in [5.74, 6) is -0.826. The van der Waals surface area contributed by atoms with E-state index in [9.17, 15) is 14.7 Å². The van der Waals surface area contributed by atoms with Crippen LogP contribution in [-0.4, -0.2) is 23.6 Å². The van der Waals surface area contributed by atoms with Gasteiger partial charge < -0.3 is 15.2 Å². The van der Waals surface area contributed by atoms with E-state index in [4.69, 9.17) is 16.3 Å². The van der Waals surface area contributed by atoms with Gasteiger partial charge in [0.1, 0.15) is 5.75 Å². The van der Waals surface area contributed by atoms with Gasteiger partial charge in [0.05, 0.1) is 25.0 Å². The van der Waals surface area contributed by atoms with Crippen molar-refractivity contribution in [2.45, 2.75) is 24.8 Å². The number of carboxylic acids is 1. The minimum atomic E-state index is -0.979. The molecule has 0 saturated carbocycles. The third-order valence-electron chi connectivity index (χ3n) is 4.24. The van der Waals surface area contributed by atoms with E-state index in [1.54, 1.807) is 24.3 Å². The number of carbonyl (C=O) groups is 2. The number of amides is 1. The predicted molar refractivity (Wildman–Crippen MR) is 93.9 cm³/mol. The number of carboxylic acid groups (broad SMARTS) is 1. The number of halogens is 1. The van der Waals surface area contributed by atoms with Crippen LogP contribution >= 0.6 is 11.6 Å². The van der Waals surface area contributed by atoms with Crippen LogP contribution in [0.1, 0.15) is 35.9 Å². The molecule has 5 nitrogen and oxygen atoms in total. The molecule has 1 aliphatic heterocycles. The molecule has 0 radical (unpaired) electrons. The van der Waals surface area contributed by atoms with Crippen LogP contribution in [0.25, 0.3) is 0 Å². The highest BCUT2D eigenvalue weighted by Crippen LogP contribution is 2.34. The molecule has 2 atom stereocenters. The molecule has 2 N–H and O–H groups in total. The van der Waals surface area contributed by atoms with E-state index in [0.717, 1.165) is 5.56 Å². The Hall–Kier alpha value is -2.53. The Morgan fingerprint density at radius 2 is 1.92 bits per heavy atom. The second-order valence-electron chi connectivity index (χ2n) is 5.94. The average molecular weight is 360 g/mol. The van der Waals surface area contributed by atoms with Crippen LogP contribution in [0.4, 0.5) is 0 Å². The summed E-state index contributed by atoms with van der Waals surface area (Å²) < 4.78 is 5.58. The van der Waals surface area contributed by atoms with E-state index >= 15 is 0 Å². The summed E-state index contributed by atoms with van der Waals surface area (Å²) in [7, 11) is 0.